The number of aromatic nitrogens is 2. The van der Waals surface area contributed by atoms with E-state index in [0.29, 0.717) is 0 Å². The van der Waals surface area contributed by atoms with Gasteiger partial charge in [-0.25, -0.2) is 9.37 Å². The van der Waals surface area contributed by atoms with Gasteiger partial charge in [0.1, 0.15) is 0 Å². The quantitative estimate of drug-likeness (QED) is 0.815. The van der Waals surface area contributed by atoms with Crippen LogP contribution in [0.4, 0.5) is 15.9 Å². The number of hydrogen-bond acceptors (Lipinski definition) is 3. The zero-order valence-electron chi connectivity index (χ0n) is 8.54. The normalized spacial score (nSPS) is 10.2. The van der Waals surface area contributed by atoms with Crippen LogP contribution in [0.1, 0.15) is 5.56 Å². The molecular weight excluding hydrogens is 229 g/mol. The van der Waals surface area contributed by atoms with Gasteiger partial charge in [-0.1, -0.05) is 17.7 Å². The molecule has 0 saturated heterocycles. The Morgan fingerprint density at radius 2 is 1.94 bits per heavy atom. The molecule has 0 unspecified atom stereocenters. The number of anilines is 2. The fourth-order valence-corrected chi connectivity index (χ4v) is 1.34. The highest BCUT2D eigenvalue weighted by atomic mass is 35.5. The van der Waals surface area contributed by atoms with Gasteiger partial charge in [-0.05, 0) is 30.7 Å². The summed E-state index contributed by atoms with van der Waals surface area (Å²) < 4.78 is 13.3. The van der Waals surface area contributed by atoms with E-state index in [1.165, 1.54) is 0 Å². The Labute approximate surface area is 97.3 Å². The van der Waals surface area contributed by atoms with E-state index in [1.54, 1.807) is 0 Å². The van der Waals surface area contributed by atoms with Crippen molar-refractivity contribution in [3.05, 3.63) is 47.1 Å². The van der Waals surface area contributed by atoms with E-state index in [1.807, 2.05) is 31.2 Å². The Kier molecular flexibility index (Phi) is 3.01. The van der Waals surface area contributed by atoms with E-state index in [4.69, 9.17) is 11.6 Å². The fourth-order valence-electron chi connectivity index (χ4n) is 1.21. The molecule has 0 aliphatic carbocycles. The van der Waals surface area contributed by atoms with Crippen LogP contribution < -0.4 is 5.32 Å². The number of benzene rings is 1. The summed E-state index contributed by atoms with van der Waals surface area (Å²) in [5.74, 6) is -0.464. The van der Waals surface area contributed by atoms with Crippen LogP contribution in [0.25, 0.3) is 0 Å². The minimum Gasteiger partial charge on any atom is -0.338 e. The minimum atomic E-state index is -0.537. The summed E-state index contributed by atoms with van der Waals surface area (Å²) in [5.41, 5.74) is 1.88. The van der Waals surface area contributed by atoms with Crippen molar-refractivity contribution in [1.82, 2.24) is 9.97 Å². The van der Waals surface area contributed by atoms with Crippen molar-refractivity contribution in [2.24, 2.45) is 0 Å². The summed E-state index contributed by atoms with van der Waals surface area (Å²) in [6, 6.07) is 7.52. The summed E-state index contributed by atoms with van der Waals surface area (Å²) in [6.45, 7) is 1.98. The lowest BCUT2D eigenvalue weighted by molar-refractivity contribution is 0.619. The molecule has 0 atom stereocenters. The van der Waals surface area contributed by atoms with Gasteiger partial charge in [0.05, 0.1) is 6.20 Å². The molecular formula is C11H9ClFN3. The van der Waals surface area contributed by atoms with E-state index >= 15 is 0 Å². The summed E-state index contributed by atoms with van der Waals surface area (Å²) in [4.78, 5) is 7.29. The summed E-state index contributed by atoms with van der Waals surface area (Å²) in [5, 5.41) is 2.84. The maximum atomic E-state index is 13.3. The van der Waals surface area contributed by atoms with E-state index in [2.05, 4.69) is 15.3 Å². The summed E-state index contributed by atoms with van der Waals surface area (Å²) in [6.07, 6.45) is 1.03. The molecule has 16 heavy (non-hydrogen) atoms. The molecule has 0 radical (unpaired) electrons. The second kappa shape index (κ2) is 4.45. The molecule has 0 bridgehead atoms. The van der Waals surface area contributed by atoms with Gasteiger partial charge >= 0.3 is 0 Å². The smallest absolute Gasteiger partial charge is 0.224 e. The lowest BCUT2D eigenvalue weighted by Crippen LogP contribution is -1.98. The number of aryl methyl sites for hydroxylation is 1. The van der Waals surface area contributed by atoms with Gasteiger partial charge < -0.3 is 5.32 Å². The van der Waals surface area contributed by atoms with Crippen LogP contribution in [0.5, 0.6) is 0 Å². The Morgan fingerprint density at radius 1 is 1.25 bits per heavy atom. The topological polar surface area (TPSA) is 37.8 Å². The van der Waals surface area contributed by atoms with E-state index in [9.17, 15) is 4.39 Å². The van der Waals surface area contributed by atoms with Gasteiger partial charge in [-0.15, -0.1) is 0 Å². The second-order valence-electron chi connectivity index (χ2n) is 3.33. The molecule has 0 aliphatic rings. The Hall–Kier alpha value is -1.68. The zero-order valence-corrected chi connectivity index (χ0v) is 9.29. The number of hydrogen-bond donors (Lipinski definition) is 1. The summed E-state index contributed by atoms with van der Waals surface area (Å²) in [7, 11) is 0. The maximum absolute atomic E-state index is 13.3. The Morgan fingerprint density at radius 3 is 2.62 bits per heavy atom. The predicted octanol–water partition coefficient (Wildman–Crippen LogP) is 3.32. The van der Waals surface area contributed by atoms with Crippen LogP contribution in [-0.4, -0.2) is 9.97 Å². The Balaban J connectivity index is 2.26. The fraction of sp³-hybridized carbons (Fsp3) is 0.0909. The van der Waals surface area contributed by atoms with Crippen molar-refractivity contribution in [2.45, 2.75) is 6.92 Å². The number of rotatable bonds is 2. The highest BCUT2D eigenvalue weighted by Crippen LogP contribution is 2.18. The van der Waals surface area contributed by atoms with Gasteiger partial charge in [0.15, 0.2) is 11.6 Å². The molecule has 82 valence electrons. The standard InChI is InChI=1S/C11H9ClFN3/c1-7-2-4-8(5-3-7)15-10-9(13)6-14-11(12)16-10/h2-6H,1H3,(H,14,15,16). The van der Waals surface area contributed by atoms with Crippen LogP contribution in [0.3, 0.4) is 0 Å². The molecule has 1 aromatic heterocycles. The number of nitrogens with zero attached hydrogens (tertiary/aromatic N) is 2. The molecule has 0 amide bonds. The van der Waals surface area contributed by atoms with E-state index in [0.717, 1.165) is 17.4 Å². The van der Waals surface area contributed by atoms with Gasteiger partial charge in [-0.2, -0.15) is 4.98 Å². The first kappa shape index (κ1) is 10.8. The first-order valence-electron chi connectivity index (χ1n) is 4.67. The molecule has 2 rings (SSSR count). The molecule has 1 heterocycles. The van der Waals surface area contributed by atoms with Crippen LogP contribution >= 0.6 is 11.6 Å². The molecule has 3 nitrogen and oxygen atoms in total. The molecule has 0 aliphatic heterocycles. The molecule has 0 saturated carbocycles. The van der Waals surface area contributed by atoms with Gasteiger partial charge in [0.25, 0.3) is 0 Å². The van der Waals surface area contributed by atoms with Gasteiger partial charge in [0, 0.05) is 5.69 Å². The average molecular weight is 238 g/mol. The minimum absolute atomic E-state index is 0.0102. The SMILES string of the molecule is Cc1ccc(Nc2nc(Cl)ncc2F)cc1. The van der Waals surface area contributed by atoms with Gasteiger partial charge in [0.2, 0.25) is 5.28 Å². The highest BCUT2D eigenvalue weighted by Gasteiger charge is 2.05. The van der Waals surface area contributed by atoms with Crippen molar-refractivity contribution < 1.29 is 4.39 Å². The molecule has 1 N–H and O–H groups in total. The lowest BCUT2D eigenvalue weighted by Gasteiger charge is -2.06. The van der Waals surface area contributed by atoms with E-state index in [-0.39, 0.29) is 11.1 Å². The second-order valence-corrected chi connectivity index (χ2v) is 3.66. The van der Waals surface area contributed by atoms with Crippen LogP contribution in [0, 0.1) is 12.7 Å². The Bertz CT molecular complexity index is 499. The molecule has 1 aromatic carbocycles. The first-order chi connectivity index (χ1) is 7.65. The first-order valence-corrected chi connectivity index (χ1v) is 5.04. The molecule has 2 aromatic rings. The predicted molar refractivity (Wildman–Crippen MR) is 61.5 cm³/mol. The van der Waals surface area contributed by atoms with Gasteiger partial charge in [-0.3, -0.25) is 0 Å². The highest BCUT2D eigenvalue weighted by molar-refractivity contribution is 6.28. The van der Waals surface area contributed by atoms with E-state index < -0.39 is 5.82 Å². The third-order valence-electron chi connectivity index (χ3n) is 2.03. The van der Waals surface area contributed by atoms with Crippen molar-refractivity contribution in [2.75, 3.05) is 5.32 Å². The van der Waals surface area contributed by atoms with Crippen LogP contribution in [-0.2, 0) is 0 Å². The van der Waals surface area contributed by atoms with Crippen LogP contribution in [0.2, 0.25) is 5.28 Å². The largest absolute Gasteiger partial charge is 0.338 e. The molecule has 0 fully saturated rings. The number of halogens is 2. The zero-order chi connectivity index (χ0) is 11.5. The average Bonchev–Trinajstić information content (AvgIpc) is 2.27. The molecule has 0 spiro atoms. The monoisotopic (exact) mass is 237 g/mol. The number of nitrogens with one attached hydrogen (secondary N) is 1. The third kappa shape index (κ3) is 2.46. The van der Waals surface area contributed by atoms with Crippen molar-refractivity contribution in [3.63, 3.8) is 0 Å². The summed E-state index contributed by atoms with van der Waals surface area (Å²) >= 11 is 5.58. The van der Waals surface area contributed by atoms with Crippen molar-refractivity contribution in [1.29, 1.82) is 0 Å². The van der Waals surface area contributed by atoms with Crippen molar-refractivity contribution in [3.8, 4) is 0 Å². The lowest BCUT2D eigenvalue weighted by atomic mass is 10.2. The third-order valence-corrected chi connectivity index (χ3v) is 2.21. The molecule has 5 heteroatoms. The van der Waals surface area contributed by atoms with Crippen LogP contribution in [0.15, 0.2) is 30.5 Å². The van der Waals surface area contributed by atoms with Crippen molar-refractivity contribution >= 4 is 23.1 Å². The maximum Gasteiger partial charge on any atom is 0.224 e.